The lowest BCUT2D eigenvalue weighted by molar-refractivity contribution is -0.115. The predicted molar refractivity (Wildman–Crippen MR) is 43.1 cm³/mol. The summed E-state index contributed by atoms with van der Waals surface area (Å²) in [5.41, 5.74) is 1.56. The van der Waals surface area contributed by atoms with Crippen LogP contribution < -0.4 is 0 Å². The summed E-state index contributed by atoms with van der Waals surface area (Å²) < 4.78 is 0. The molecule has 11 heavy (non-hydrogen) atoms. The summed E-state index contributed by atoms with van der Waals surface area (Å²) >= 11 is 0. The summed E-state index contributed by atoms with van der Waals surface area (Å²) in [6, 6.07) is 0. The molecular formula is C9H12O2. The van der Waals surface area contributed by atoms with Gasteiger partial charge < -0.3 is 5.11 Å². The lowest BCUT2D eigenvalue weighted by Crippen LogP contribution is -2.03. The number of allylic oxidation sites excluding steroid dienone is 2. The minimum atomic E-state index is -0.544. The van der Waals surface area contributed by atoms with Crippen LogP contribution in [0.4, 0.5) is 0 Å². The van der Waals surface area contributed by atoms with Gasteiger partial charge in [-0.2, -0.15) is 0 Å². The SMILES string of the molecule is C=CCC1=C(C)[C@H](O)CC1=O. The molecule has 0 aromatic carbocycles. The smallest absolute Gasteiger partial charge is 0.162 e. The zero-order chi connectivity index (χ0) is 8.43. The van der Waals surface area contributed by atoms with E-state index < -0.39 is 6.10 Å². The fraction of sp³-hybridized carbons (Fsp3) is 0.444. The fourth-order valence-corrected chi connectivity index (χ4v) is 1.29. The van der Waals surface area contributed by atoms with Gasteiger partial charge in [0.1, 0.15) is 0 Å². The average molecular weight is 152 g/mol. The van der Waals surface area contributed by atoms with Crippen LogP contribution >= 0.6 is 0 Å². The van der Waals surface area contributed by atoms with Crippen molar-refractivity contribution in [3.8, 4) is 0 Å². The maximum atomic E-state index is 11.1. The van der Waals surface area contributed by atoms with E-state index in [4.69, 9.17) is 0 Å². The molecule has 60 valence electrons. The van der Waals surface area contributed by atoms with E-state index in [2.05, 4.69) is 6.58 Å². The van der Waals surface area contributed by atoms with Gasteiger partial charge in [-0.05, 0) is 18.9 Å². The molecule has 0 unspecified atom stereocenters. The maximum absolute atomic E-state index is 11.1. The third-order valence-corrected chi connectivity index (χ3v) is 2.04. The minimum absolute atomic E-state index is 0.0647. The molecule has 0 saturated heterocycles. The number of carbonyl (C=O) groups excluding carboxylic acids is 1. The Hall–Kier alpha value is -0.890. The summed E-state index contributed by atoms with van der Waals surface area (Å²) in [6.07, 6.45) is 1.99. The van der Waals surface area contributed by atoms with Crippen molar-refractivity contribution in [2.24, 2.45) is 0 Å². The van der Waals surface area contributed by atoms with Gasteiger partial charge >= 0.3 is 0 Å². The Morgan fingerprint density at radius 3 is 2.82 bits per heavy atom. The number of aliphatic hydroxyl groups excluding tert-OH is 1. The summed E-state index contributed by atoms with van der Waals surface area (Å²) in [4.78, 5) is 11.1. The van der Waals surface area contributed by atoms with Crippen LogP contribution in [-0.2, 0) is 4.79 Å². The lowest BCUT2D eigenvalue weighted by Gasteiger charge is -1.99. The molecule has 1 aliphatic rings. The summed E-state index contributed by atoms with van der Waals surface area (Å²) in [7, 11) is 0. The first-order chi connectivity index (χ1) is 5.16. The number of ketones is 1. The molecule has 2 nitrogen and oxygen atoms in total. The van der Waals surface area contributed by atoms with E-state index in [0.29, 0.717) is 6.42 Å². The van der Waals surface area contributed by atoms with Crippen LogP contribution in [0.1, 0.15) is 19.8 Å². The van der Waals surface area contributed by atoms with Crippen molar-refractivity contribution >= 4 is 5.78 Å². The van der Waals surface area contributed by atoms with Crippen molar-refractivity contribution in [3.05, 3.63) is 23.8 Å². The zero-order valence-electron chi connectivity index (χ0n) is 6.63. The standard InChI is InChI=1S/C9H12O2/c1-3-4-7-6(2)8(10)5-9(7)11/h3,8,10H,1,4-5H2,2H3/t8-/m1/s1. The molecule has 0 saturated carbocycles. The van der Waals surface area contributed by atoms with Crippen LogP contribution in [0.5, 0.6) is 0 Å². The number of aliphatic hydroxyl groups is 1. The van der Waals surface area contributed by atoms with Crippen molar-refractivity contribution in [2.75, 3.05) is 0 Å². The first kappa shape index (κ1) is 8.21. The molecule has 0 amide bonds. The maximum Gasteiger partial charge on any atom is 0.162 e. The lowest BCUT2D eigenvalue weighted by atomic mass is 10.1. The molecule has 0 heterocycles. The van der Waals surface area contributed by atoms with E-state index in [1.165, 1.54) is 0 Å². The molecule has 0 fully saturated rings. The number of rotatable bonds is 2. The Labute approximate surface area is 66.2 Å². The van der Waals surface area contributed by atoms with Crippen molar-refractivity contribution < 1.29 is 9.90 Å². The molecule has 0 bridgehead atoms. The first-order valence-corrected chi connectivity index (χ1v) is 3.68. The van der Waals surface area contributed by atoms with Gasteiger partial charge in [-0.25, -0.2) is 0 Å². The third-order valence-electron chi connectivity index (χ3n) is 2.04. The second-order valence-corrected chi connectivity index (χ2v) is 2.80. The van der Waals surface area contributed by atoms with E-state index in [0.717, 1.165) is 11.1 Å². The van der Waals surface area contributed by atoms with Gasteiger partial charge in [-0.3, -0.25) is 4.79 Å². The fourth-order valence-electron chi connectivity index (χ4n) is 1.29. The van der Waals surface area contributed by atoms with E-state index in [9.17, 15) is 9.90 Å². The molecular weight excluding hydrogens is 140 g/mol. The van der Waals surface area contributed by atoms with Crippen molar-refractivity contribution in [2.45, 2.75) is 25.9 Å². The number of hydrogen-bond acceptors (Lipinski definition) is 2. The normalized spacial score (nSPS) is 24.5. The van der Waals surface area contributed by atoms with Gasteiger partial charge in [0.2, 0.25) is 0 Å². The van der Waals surface area contributed by atoms with E-state index in [1.54, 1.807) is 13.0 Å². The topological polar surface area (TPSA) is 37.3 Å². The quantitative estimate of drug-likeness (QED) is 0.604. The summed E-state index contributed by atoms with van der Waals surface area (Å²) in [6.45, 7) is 5.35. The highest BCUT2D eigenvalue weighted by molar-refractivity contribution is 5.99. The van der Waals surface area contributed by atoms with Gasteiger partial charge in [0.05, 0.1) is 6.10 Å². The van der Waals surface area contributed by atoms with Crippen LogP contribution in [0.2, 0.25) is 0 Å². The van der Waals surface area contributed by atoms with Gasteiger partial charge in [0.25, 0.3) is 0 Å². The Bertz CT molecular complexity index is 226. The molecule has 1 rings (SSSR count). The van der Waals surface area contributed by atoms with E-state index >= 15 is 0 Å². The highest BCUT2D eigenvalue weighted by atomic mass is 16.3. The summed E-state index contributed by atoms with van der Waals surface area (Å²) in [5, 5.41) is 9.25. The monoisotopic (exact) mass is 152 g/mol. The number of Topliss-reactive ketones (excluding diaryl/α,β-unsaturated/α-hetero) is 1. The average Bonchev–Trinajstić information content (AvgIpc) is 2.17. The van der Waals surface area contributed by atoms with E-state index in [1.807, 2.05) is 0 Å². The first-order valence-electron chi connectivity index (χ1n) is 3.68. The summed E-state index contributed by atoms with van der Waals surface area (Å²) in [5.74, 6) is 0.0647. The molecule has 2 heteroatoms. The van der Waals surface area contributed by atoms with Crippen LogP contribution in [0.3, 0.4) is 0 Å². The molecule has 0 radical (unpaired) electrons. The molecule has 0 aromatic heterocycles. The highest BCUT2D eigenvalue weighted by Crippen LogP contribution is 2.25. The van der Waals surface area contributed by atoms with Crippen molar-refractivity contribution in [1.82, 2.24) is 0 Å². The molecule has 0 spiro atoms. The van der Waals surface area contributed by atoms with Crippen LogP contribution in [-0.4, -0.2) is 17.0 Å². The predicted octanol–water partition coefficient (Wildman–Crippen LogP) is 1.21. The van der Waals surface area contributed by atoms with Gasteiger partial charge in [0, 0.05) is 12.0 Å². The Morgan fingerprint density at radius 2 is 2.45 bits per heavy atom. The minimum Gasteiger partial charge on any atom is -0.388 e. The van der Waals surface area contributed by atoms with Gasteiger partial charge in [-0.1, -0.05) is 6.08 Å². The molecule has 1 aliphatic carbocycles. The van der Waals surface area contributed by atoms with E-state index in [-0.39, 0.29) is 12.2 Å². The third kappa shape index (κ3) is 1.40. The molecule has 0 aliphatic heterocycles. The number of carbonyl (C=O) groups is 1. The van der Waals surface area contributed by atoms with Gasteiger partial charge in [0.15, 0.2) is 5.78 Å². The molecule has 1 atom stereocenters. The van der Waals surface area contributed by atoms with Crippen molar-refractivity contribution in [1.29, 1.82) is 0 Å². The Morgan fingerprint density at radius 1 is 1.82 bits per heavy atom. The Kier molecular flexibility index (Phi) is 2.25. The second-order valence-electron chi connectivity index (χ2n) is 2.80. The van der Waals surface area contributed by atoms with Crippen LogP contribution in [0, 0.1) is 0 Å². The van der Waals surface area contributed by atoms with Crippen LogP contribution in [0.15, 0.2) is 23.8 Å². The largest absolute Gasteiger partial charge is 0.388 e. The molecule has 0 aromatic rings. The Balaban J connectivity index is 2.87. The highest BCUT2D eigenvalue weighted by Gasteiger charge is 2.26. The molecule has 1 N–H and O–H groups in total. The van der Waals surface area contributed by atoms with Crippen molar-refractivity contribution in [3.63, 3.8) is 0 Å². The number of hydrogen-bond donors (Lipinski definition) is 1. The zero-order valence-corrected chi connectivity index (χ0v) is 6.63. The van der Waals surface area contributed by atoms with Gasteiger partial charge in [-0.15, -0.1) is 6.58 Å². The van der Waals surface area contributed by atoms with Crippen LogP contribution in [0.25, 0.3) is 0 Å². The second kappa shape index (κ2) is 3.01.